The van der Waals surface area contributed by atoms with Crippen molar-refractivity contribution < 1.29 is 13.2 Å². The molecule has 0 spiro atoms. The van der Waals surface area contributed by atoms with Gasteiger partial charge < -0.3 is 4.90 Å². The first-order valence-electron chi connectivity index (χ1n) is 8.80. The number of rotatable bonds is 4. The zero-order chi connectivity index (χ0) is 19.6. The van der Waals surface area contributed by atoms with E-state index in [-0.39, 0.29) is 5.91 Å². The molecule has 7 nitrogen and oxygen atoms in total. The number of nitrogens with zero attached hydrogens (tertiary/aromatic N) is 4. The van der Waals surface area contributed by atoms with Gasteiger partial charge in [-0.3, -0.25) is 9.48 Å². The summed E-state index contributed by atoms with van der Waals surface area (Å²) in [5, 5.41) is 4.05. The minimum Gasteiger partial charge on any atom is -0.337 e. The average molecular weight is 388 g/mol. The van der Waals surface area contributed by atoms with Gasteiger partial charge >= 0.3 is 0 Å². The van der Waals surface area contributed by atoms with Crippen molar-refractivity contribution in [1.29, 1.82) is 0 Å². The molecule has 3 rings (SSSR count). The van der Waals surface area contributed by atoms with Gasteiger partial charge in [0.15, 0.2) is 0 Å². The van der Waals surface area contributed by atoms with E-state index in [0.717, 1.165) is 16.7 Å². The van der Waals surface area contributed by atoms with Crippen LogP contribution in [0.2, 0.25) is 0 Å². The second-order valence-corrected chi connectivity index (χ2v) is 8.69. The average Bonchev–Trinajstić information content (AvgIpc) is 3.07. The Hall–Kier alpha value is -2.45. The van der Waals surface area contributed by atoms with Crippen molar-refractivity contribution in [3.63, 3.8) is 0 Å². The van der Waals surface area contributed by atoms with Crippen molar-refractivity contribution in [2.24, 2.45) is 7.05 Å². The highest BCUT2D eigenvalue weighted by atomic mass is 32.2. The number of aromatic nitrogens is 2. The Morgan fingerprint density at radius 1 is 1.15 bits per heavy atom. The molecule has 0 radical (unpaired) electrons. The first kappa shape index (κ1) is 19.3. The third-order valence-electron chi connectivity index (χ3n) is 4.65. The van der Waals surface area contributed by atoms with Gasteiger partial charge in [-0.1, -0.05) is 12.1 Å². The van der Waals surface area contributed by atoms with Gasteiger partial charge in [0.25, 0.3) is 0 Å². The van der Waals surface area contributed by atoms with Crippen LogP contribution in [0.5, 0.6) is 0 Å². The molecule has 0 saturated carbocycles. The van der Waals surface area contributed by atoms with Gasteiger partial charge in [0.1, 0.15) is 0 Å². The van der Waals surface area contributed by atoms with Crippen molar-refractivity contribution in [3.05, 3.63) is 53.4 Å². The van der Waals surface area contributed by atoms with E-state index in [2.05, 4.69) is 5.10 Å². The van der Waals surface area contributed by atoms with Gasteiger partial charge in [-0.25, -0.2) is 8.42 Å². The number of carbonyl (C=O) groups is 1. The van der Waals surface area contributed by atoms with Crippen LogP contribution in [0.25, 0.3) is 6.08 Å². The third-order valence-corrected chi connectivity index (χ3v) is 6.70. The van der Waals surface area contributed by atoms with Gasteiger partial charge in [0, 0.05) is 51.1 Å². The first-order chi connectivity index (χ1) is 12.8. The Balaban J connectivity index is 1.65. The summed E-state index contributed by atoms with van der Waals surface area (Å²) in [5.74, 6) is -0.123. The van der Waals surface area contributed by atoms with Gasteiger partial charge in [-0.2, -0.15) is 9.40 Å². The highest BCUT2D eigenvalue weighted by Gasteiger charge is 2.30. The fraction of sp³-hybridized carbons (Fsp3) is 0.368. The topological polar surface area (TPSA) is 75.5 Å². The number of benzene rings is 1. The molecule has 1 fully saturated rings. The normalized spacial score (nSPS) is 16.2. The number of aryl methyl sites for hydroxylation is 3. The molecule has 8 heteroatoms. The lowest BCUT2D eigenvalue weighted by atomic mass is 10.2. The largest absolute Gasteiger partial charge is 0.337 e. The minimum absolute atomic E-state index is 0.123. The molecule has 1 aromatic carbocycles. The molecule has 27 heavy (non-hydrogen) atoms. The van der Waals surface area contributed by atoms with Crippen molar-refractivity contribution in [2.75, 3.05) is 26.2 Å². The quantitative estimate of drug-likeness (QED) is 0.746. The van der Waals surface area contributed by atoms with Gasteiger partial charge in [0.05, 0.1) is 11.1 Å². The summed E-state index contributed by atoms with van der Waals surface area (Å²) in [6.45, 7) is 5.02. The van der Waals surface area contributed by atoms with Crippen molar-refractivity contribution in [2.45, 2.75) is 18.7 Å². The molecule has 0 atom stereocenters. The van der Waals surface area contributed by atoms with E-state index >= 15 is 0 Å². The Kier molecular flexibility index (Phi) is 5.48. The minimum atomic E-state index is -3.55. The predicted molar refractivity (Wildman–Crippen MR) is 103 cm³/mol. The SMILES string of the molecule is Cc1ccc(C)c(S(=O)(=O)N2CCN(C(=O)/C=C/c3cnn(C)c3)CC2)c1. The number of piperazine rings is 1. The number of amides is 1. The lowest BCUT2D eigenvalue weighted by Crippen LogP contribution is -2.50. The molecule has 0 unspecified atom stereocenters. The Labute approximate surface area is 159 Å². The number of hydrogen-bond donors (Lipinski definition) is 0. The van der Waals surface area contributed by atoms with Gasteiger partial charge in [-0.15, -0.1) is 0 Å². The summed E-state index contributed by atoms with van der Waals surface area (Å²) >= 11 is 0. The fourth-order valence-corrected chi connectivity index (χ4v) is 4.80. The summed E-state index contributed by atoms with van der Waals surface area (Å²) in [4.78, 5) is 14.4. The molecule has 2 heterocycles. The zero-order valence-corrected chi connectivity index (χ0v) is 16.6. The van der Waals surface area contributed by atoms with E-state index < -0.39 is 10.0 Å². The van der Waals surface area contributed by atoms with Crippen LogP contribution in [0.1, 0.15) is 16.7 Å². The van der Waals surface area contributed by atoms with Crippen molar-refractivity contribution in [3.8, 4) is 0 Å². The highest BCUT2D eigenvalue weighted by molar-refractivity contribution is 7.89. The molecule has 2 aromatic rings. The molecule has 0 aliphatic carbocycles. The maximum absolute atomic E-state index is 12.9. The maximum atomic E-state index is 12.9. The highest BCUT2D eigenvalue weighted by Crippen LogP contribution is 2.22. The van der Waals surface area contributed by atoms with E-state index in [0.29, 0.717) is 31.1 Å². The molecule has 1 aliphatic heterocycles. The maximum Gasteiger partial charge on any atom is 0.246 e. The van der Waals surface area contributed by atoms with E-state index in [1.165, 1.54) is 10.4 Å². The van der Waals surface area contributed by atoms with Crippen LogP contribution in [-0.4, -0.2) is 59.5 Å². The lowest BCUT2D eigenvalue weighted by molar-refractivity contribution is -0.127. The summed E-state index contributed by atoms with van der Waals surface area (Å²) in [5.41, 5.74) is 2.49. The van der Waals surface area contributed by atoms with Gasteiger partial charge in [0.2, 0.25) is 15.9 Å². The van der Waals surface area contributed by atoms with Crippen LogP contribution in [0.3, 0.4) is 0 Å². The smallest absolute Gasteiger partial charge is 0.246 e. The standard InChI is InChI=1S/C19H24N4O3S/c1-15-4-5-16(2)18(12-15)27(25,26)23-10-8-22(9-11-23)19(24)7-6-17-13-20-21(3)14-17/h4-7,12-14H,8-11H2,1-3H3/b7-6+. The Morgan fingerprint density at radius 2 is 1.85 bits per heavy atom. The zero-order valence-electron chi connectivity index (χ0n) is 15.8. The molecule has 1 saturated heterocycles. The molecule has 1 aromatic heterocycles. The van der Waals surface area contributed by atoms with Gasteiger partial charge in [-0.05, 0) is 37.1 Å². The van der Waals surface area contributed by atoms with E-state index in [1.807, 2.05) is 32.3 Å². The number of sulfonamides is 1. The second kappa shape index (κ2) is 7.66. The van der Waals surface area contributed by atoms with Crippen LogP contribution < -0.4 is 0 Å². The van der Waals surface area contributed by atoms with E-state index in [1.54, 1.807) is 34.8 Å². The molecular formula is C19H24N4O3S. The molecular weight excluding hydrogens is 364 g/mol. The summed E-state index contributed by atoms with van der Waals surface area (Å²) < 4.78 is 29.0. The molecule has 144 valence electrons. The van der Waals surface area contributed by atoms with Crippen molar-refractivity contribution >= 4 is 22.0 Å². The van der Waals surface area contributed by atoms with Crippen LogP contribution >= 0.6 is 0 Å². The number of carbonyl (C=O) groups excluding carboxylic acids is 1. The molecule has 1 aliphatic rings. The molecule has 1 amide bonds. The summed E-state index contributed by atoms with van der Waals surface area (Å²) in [6.07, 6.45) is 6.72. The van der Waals surface area contributed by atoms with E-state index in [4.69, 9.17) is 0 Å². The molecule has 0 bridgehead atoms. The Morgan fingerprint density at radius 3 is 2.48 bits per heavy atom. The second-order valence-electron chi connectivity index (χ2n) is 6.78. The van der Waals surface area contributed by atoms with Crippen LogP contribution in [0, 0.1) is 13.8 Å². The summed E-state index contributed by atoms with van der Waals surface area (Å²) in [7, 11) is -1.74. The first-order valence-corrected chi connectivity index (χ1v) is 10.2. The van der Waals surface area contributed by atoms with Crippen LogP contribution in [0.15, 0.2) is 41.6 Å². The lowest BCUT2D eigenvalue weighted by Gasteiger charge is -2.33. The third kappa shape index (κ3) is 4.28. The summed E-state index contributed by atoms with van der Waals surface area (Å²) in [6, 6.07) is 5.43. The van der Waals surface area contributed by atoms with Crippen LogP contribution in [-0.2, 0) is 21.9 Å². The number of hydrogen-bond acceptors (Lipinski definition) is 4. The van der Waals surface area contributed by atoms with E-state index in [9.17, 15) is 13.2 Å². The fourth-order valence-electron chi connectivity index (χ4n) is 3.07. The monoisotopic (exact) mass is 388 g/mol. The van der Waals surface area contributed by atoms with Crippen molar-refractivity contribution in [1.82, 2.24) is 19.0 Å². The van der Waals surface area contributed by atoms with Crippen LogP contribution in [0.4, 0.5) is 0 Å². The Bertz CT molecular complexity index is 971. The predicted octanol–water partition coefficient (Wildman–Crippen LogP) is 1.58. The molecule has 0 N–H and O–H groups in total.